The van der Waals surface area contributed by atoms with Crippen LogP contribution in [0.1, 0.15) is 19.0 Å². The van der Waals surface area contributed by atoms with Gasteiger partial charge in [-0.3, -0.25) is 4.98 Å². The van der Waals surface area contributed by atoms with Gasteiger partial charge in [-0.05, 0) is 46.6 Å². The molecular weight excluding hydrogens is 326 g/mol. The number of anilines is 1. The molecule has 0 amide bonds. The highest BCUT2D eigenvalue weighted by atomic mass is 79.9. The zero-order chi connectivity index (χ0) is 14.7. The fourth-order valence-corrected chi connectivity index (χ4v) is 2.88. The van der Waals surface area contributed by atoms with Gasteiger partial charge in [0.1, 0.15) is 0 Å². The highest BCUT2D eigenvalue weighted by Crippen LogP contribution is 2.24. The van der Waals surface area contributed by atoms with E-state index in [4.69, 9.17) is 0 Å². The van der Waals surface area contributed by atoms with Crippen LogP contribution in [0.3, 0.4) is 0 Å². The Bertz CT molecular complexity index is 749. The van der Waals surface area contributed by atoms with Gasteiger partial charge in [0, 0.05) is 34.5 Å². The minimum Gasteiger partial charge on any atom is -0.378 e. The summed E-state index contributed by atoms with van der Waals surface area (Å²) in [6.45, 7) is 4.07. The Balaban J connectivity index is 1.83. The minimum atomic E-state index is 0.809. The van der Waals surface area contributed by atoms with E-state index in [-0.39, 0.29) is 0 Å². The number of aryl methyl sites for hydroxylation is 1. The second-order valence-corrected chi connectivity index (χ2v) is 5.99. The standard InChI is InChI=1S/C17H18BrN3/c1-2-8-21-9-4-6-15(21)12-19-16-7-3-5-13-10-14(18)11-20-17(13)16/h3-7,9-11,19H,2,8,12H2,1H3. The van der Waals surface area contributed by atoms with Gasteiger partial charge in [-0.2, -0.15) is 0 Å². The fraction of sp³-hybridized carbons (Fsp3) is 0.235. The van der Waals surface area contributed by atoms with E-state index in [1.807, 2.05) is 6.20 Å². The lowest BCUT2D eigenvalue weighted by Gasteiger charge is -2.12. The van der Waals surface area contributed by atoms with Crippen LogP contribution in [0.25, 0.3) is 10.9 Å². The van der Waals surface area contributed by atoms with Crippen molar-refractivity contribution in [3.05, 3.63) is 59.0 Å². The number of rotatable bonds is 5. The Hall–Kier alpha value is -1.81. The number of fused-ring (bicyclic) bond motifs is 1. The summed E-state index contributed by atoms with van der Waals surface area (Å²) in [4.78, 5) is 4.52. The molecule has 1 N–H and O–H groups in total. The van der Waals surface area contributed by atoms with Gasteiger partial charge in [0.15, 0.2) is 0 Å². The summed E-state index contributed by atoms with van der Waals surface area (Å²) in [5, 5.41) is 4.65. The molecule has 0 atom stereocenters. The van der Waals surface area contributed by atoms with E-state index in [2.05, 4.69) is 80.3 Å². The van der Waals surface area contributed by atoms with Crippen molar-refractivity contribution in [3.63, 3.8) is 0 Å². The van der Waals surface area contributed by atoms with Crippen LogP contribution >= 0.6 is 15.9 Å². The van der Waals surface area contributed by atoms with Crippen LogP contribution in [0, 0.1) is 0 Å². The molecule has 3 nitrogen and oxygen atoms in total. The van der Waals surface area contributed by atoms with Crippen molar-refractivity contribution in [3.8, 4) is 0 Å². The number of pyridine rings is 1. The molecule has 0 radical (unpaired) electrons. The number of nitrogens with zero attached hydrogens (tertiary/aromatic N) is 2. The van der Waals surface area contributed by atoms with E-state index in [9.17, 15) is 0 Å². The van der Waals surface area contributed by atoms with Gasteiger partial charge < -0.3 is 9.88 Å². The molecular formula is C17H18BrN3. The molecule has 2 heterocycles. The molecule has 0 bridgehead atoms. The Morgan fingerprint density at radius 1 is 1.24 bits per heavy atom. The average molecular weight is 344 g/mol. The van der Waals surface area contributed by atoms with Crippen LogP contribution in [0.2, 0.25) is 0 Å². The molecule has 4 heteroatoms. The third-order valence-electron chi connectivity index (χ3n) is 3.53. The lowest BCUT2D eigenvalue weighted by atomic mass is 10.2. The fourth-order valence-electron chi connectivity index (χ4n) is 2.53. The molecule has 1 aromatic carbocycles. The van der Waals surface area contributed by atoms with E-state index >= 15 is 0 Å². The Morgan fingerprint density at radius 3 is 3.00 bits per heavy atom. The van der Waals surface area contributed by atoms with E-state index < -0.39 is 0 Å². The zero-order valence-electron chi connectivity index (χ0n) is 12.0. The summed E-state index contributed by atoms with van der Waals surface area (Å²) in [7, 11) is 0. The Morgan fingerprint density at radius 2 is 2.14 bits per heavy atom. The molecule has 0 aliphatic rings. The first-order chi connectivity index (χ1) is 10.3. The Kier molecular flexibility index (Phi) is 4.25. The van der Waals surface area contributed by atoms with Gasteiger partial charge >= 0.3 is 0 Å². The third kappa shape index (κ3) is 3.10. The van der Waals surface area contributed by atoms with Gasteiger partial charge in [-0.15, -0.1) is 0 Å². The van der Waals surface area contributed by atoms with Crippen LogP contribution in [0.15, 0.2) is 53.3 Å². The minimum absolute atomic E-state index is 0.809. The first kappa shape index (κ1) is 14.1. The third-order valence-corrected chi connectivity index (χ3v) is 3.96. The Labute approximate surface area is 133 Å². The summed E-state index contributed by atoms with van der Waals surface area (Å²) < 4.78 is 3.30. The smallest absolute Gasteiger partial charge is 0.0934 e. The summed E-state index contributed by atoms with van der Waals surface area (Å²) in [5.41, 5.74) is 3.38. The van der Waals surface area contributed by atoms with Gasteiger partial charge in [0.05, 0.1) is 17.7 Å². The predicted molar refractivity (Wildman–Crippen MR) is 91.5 cm³/mol. The largest absolute Gasteiger partial charge is 0.378 e. The van der Waals surface area contributed by atoms with E-state index in [0.29, 0.717) is 0 Å². The molecule has 21 heavy (non-hydrogen) atoms. The van der Waals surface area contributed by atoms with Gasteiger partial charge in [0.2, 0.25) is 0 Å². The van der Waals surface area contributed by atoms with Crippen molar-refractivity contribution in [1.29, 1.82) is 0 Å². The summed E-state index contributed by atoms with van der Waals surface area (Å²) in [6, 6.07) is 12.6. The summed E-state index contributed by atoms with van der Waals surface area (Å²) >= 11 is 3.47. The highest BCUT2D eigenvalue weighted by molar-refractivity contribution is 9.10. The number of aromatic nitrogens is 2. The maximum atomic E-state index is 4.52. The molecule has 0 aliphatic carbocycles. The van der Waals surface area contributed by atoms with Gasteiger partial charge in [-0.25, -0.2) is 0 Å². The molecule has 0 fully saturated rings. The maximum absolute atomic E-state index is 4.52. The van der Waals surface area contributed by atoms with Crippen molar-refractivity contribution in [2.75, 3.05) is 5.32 Å². The van der Waals surface area contributed by atoms with Crippen LogP contribution < -0.4 is 5.32 Å². The molecule has 2 aromatic heterocycles. The molecule has 108 valence electrons. The number of hydrogen-bond acceptors (Lipinski definition) is 2. The topological polar surface area (TPSA) is 29.9 Å². The van der Waals surface area contributed by atoms with E-state index in [1.165, 1.54) is 5.69 Å². The molecule has 3 rings (SSSR count). The SMILES string of the molecule is CCCn1cccc1CNc1cccc2cc(Br)cnc12. The number of nitrogens with one attached hydrogen (secondary N) is 1. The first-order valence-corrected chi connectivity index (χ1v) is 7.99. The van der Waals surface area contributed by atoms with Crippen molar-refractivity contribution in [2.24, 2.45) is 0 Å². The van der Waals surface area contributed by atoms with Crippen LogP contribution in [-0.2, 0) is 13.1 Å². The quantitative estimate of drug-likeness (QED) is 0.719. The van der Waals surface area contributed by atoms with Crippen molar-refractivity contribution < 1.29 is 0 Å². The monoisotopic (exact) mass is 343 g/mol. The van der Waals surface area contributed by atoms with E-state index in [0.717, 1.165) is 40.6 Å². The number of benzene rings is 1. The average Bonchev–Trinajstić information content (AvgIpc) is 2.92. The lowest BCUT2D eigenvalue weighted by molar-refractivity contribution is 0.654. The second kappa shape index (κ2) is 6.31. The molecule has 0 unspecified atom stereocenters. The van der Waals surface area contributed by atoms with Gasteiger partial charge in [0.25, 0.3) is 0 Å². The number of para-hydroxylation sites is 1. The number of halogens is 1. The van der Waals surface area contributed by atoms with Crippen molar-refractivity contribution in [1.82, 2.24) is 9.55 Å². The summed E-state index contributed by atoms with van der Waals surface area (Å²) in [5.74, 6) is 0. The maximum Gasteiger partial charge on any atom is 0.0934 e. The lowest BCUT2D eigenvalue weighted by Crippen LogP contribution is -2.07. The normalized spacial score (nSPS) is 11.0. The molecule has 0 aliphatic heterocycles. The molecule has 0 saturated carbocycles. The van der Waals surface area contributed by atoms with E-state index in [1.54, 1.807) is 0 Å². The summed E-state index contributed by atoms with van der Waals surface area (Å²) in [6.07, 6.45) is 5.12. The molecule has 3 aromatic rings. The van der Waals surface area contributed by atoms with Crippen LogP contribution in [-0.4, -0.2) is 9.55 Å². The zero-order valence-corrected chi connectivity index (χ0v) is 13.6. The second-order valence-electron chi connectivity index (χ2n) is 5.08. The van der Waals surface area contributed by atoms with Gasteiger partial charge in [-0.1, -0.05) is 19.1 Å². The molecule has 0 saturated heterocycles. The number of hydrogen-bond donors (Lipinski definition) is 1. The van der Waals surface area contributed by atoms with Crippen LogP contribution in [0.4, 0.5) is 5.69 Å². The van der Waals surface area contributed by atoms with Crippen molar-refractivity contribution >= 4 is 32.5 Å². The molecule has 0 spiro atoms. The first-order valence-electron chi connectivity index (χ1n) is 7.20. The van der Waals surface area contributed by atoms with Crippen molar-refractivity contribution in [2.45, 2.75) is 26.4 Å². The predicted octanol–water partition coefficient (Wildman–Crippen LogP) is 4.82. The highest BCUT2D eigenvalue weighted by Gasteiger charge is 2.04. The van der Waals surface area contributed by atoms with Crippen LogP contribution in [0.5, 0.6) is 0 Å².